The second-order valence-corrected chi connectivity index (χ2v) is 5.71. The summed E-state index contributed by atoms with van der Waals surface area (Å²) in [6, 6.07) is 0.645. The maximum atomic E-state index is 12.3. The van der Waals surface area contributed by atoms with E-state index >= 15 is 0 Å². The van der Waals surface area contributed by atoms with Crippen molar-refractivity contribution in [2.75, 3.05) is 45.8 Å². The quantitative estimate of drug-likeness (QED) is 0.647. The second-order valence-electron chi connectivity index (χ2n) is 5.71. The Bertz CT molecular complexity index is 360. The fourth-order valence-corrected chi connectivity index (χ4v) is 3.30. The lowest BCUT2D eigenvalue weighted by Crippen LogP contribution is -2.53. The van der Waals surface area contributed by atoms with Gasteiger partial charge in [-0.15, -0.1) is 0 Å². The van der Waals surface area contributed by atoms with Gasteiger partial charge in [0.25, 0.3) is 0 Å². The average molecular weight is 266 g/mol. The third-order valence-corrected chi connectivity index (χ3v) is 4.50. The molecule has 3 heterocycles. The Morgan fingerprint density at radius 3 is 2.53 bits per heavy atom. The highest BCUT2D eigenvalue weighted by atomic mass is 16.2. The summed E-state index contributed by atoms with van der Waals surface area (Å²) >= 11 is 0. The molecule has 0 aromatic carbocycles. The van der Waals surface area contributed by atoms with Crippen LogP contribution in [-0.2, 0) is 9.59 Å². The first-order chi connectivity index (χ1) is 9.24. The molecule has 3 aliphatic rings. The zero-order chi connectivity index (χ0) is 13.2. The van der Waals surface area contributed by atoms with Gasteiger partial charge in [0.2, 0.25) is 11.8 Å². The van der Waals surface area contributed by atoms with E-state index in [9.17, 15) is 9.59 Å². The van der Waals surface area contributed by atoms with E-state index in [1.165, 1.54) is 6.42 Å². The van der Waals surface area contributed by atoms with Crippen LogP contribution < -0.4 is 10.6 Å². The van der Waals surface area contributed by atoms with Gasteiger partial charge in [0.15, 0.2) is 0 Å². The Labute approximate surface area is 113 Å². The zero-order valence-corrected chi connectivity index (χ0v) is 11.2. The summed E-state index contributed by atoms with van der Waals surface area (Å²) in [4.78, 5) is 27.9. The first kappa shape index (κ1) is 12.9. The molecule has 106 valence electrons. The predicted octanol–water partition coefficient (Wildman–Crippen LogP) is -1.37. The first-order valence-electron chi connectivity index (χ1n) is 7.24. The SMILES string of the molecule is O=C1CC(C(=O)N2CCN(C3CCNC3)CC2)CN1. The number of amides is 2. The number of carbonyl (C=O) groups is 2. The number of carbonyl (C=O) groups excluding carboxylic acids is 2. The van der Waals surface area contributed by atoms with Crippen LogP contribution in [0.2, 0.25) is 0 Å². The molecule has 2 amide bonds. The van der Waals surface area contributed by atoms with Crippen LogP contribution in [0, 0.1) is 5.92 Å². The molecule has 0 radical (unpaired) electrons. The van der Waals surface area contributed by atoms with Crippen molar-refractivity contribution in [3.05, 3.63) is 0 Å². The van der Waals surface area contributed by atoms with Gasteiger partial charge in [-0.05, 0) is 13.0 Å². The lowest BCUT2D eigenvalue weighted by Gasteiger charge is -2.38. The van der Waals surface area contributed by atoms with Crippen LogP contribution in [0.5, 0.6) is 0 Å². The molecule has 6 heteroatoms. The smallest absolute Gasteiger partial charge is 0.228 e. The number of nitrogens with zero attached hydrogens (tertiary/aromatic N) is 2. The standard InChI is InChI=1S/C13H22N4O2/c18-12-7-10(8-15-12)13(19)17-5-3-16(4-6-17)11-1-2-14-9-11/h10-11,14H,1-9H2,(H,15,18). The third-order valence-electron chi connectivity index (χ3n) is 4.50. The molecule has 3 rings (SSSR count). The molecule has 0 saturated carbocycles. The van der Waals surface area contributed by atoms with Gasteiger partial charge in [-0.25, -0.2) is 0 Å². The van der Waals surface area contributed by atoms with E-state index in [4.69, 9.17) is 0 Å². The molecular formula is C13H22N4O2. The third kappa shape index (κ3) is 2.74. The van der Waals surface area contributed by atoms with Crippen molar-refractivity contribution >= 4 is 11.8 Å². The molecule has 0 aliphatic carbocycles. The molecule has 3 saturated heterocycles. The number of hydrogen-bond donors (Lipinski definition) is 2. The lowest BCUT2D eigenvalue weighted by molar-refractivity contribution is -0.137. The van der Waals surface area contributed by atoms with Gasteiger partial charge in [-0.2, -0.15) is 0 Å². The zero-order valence-electron chi connectivity index (χ0n) is 11.2. The minimum atomic E-state index is -0.132. The molecule has 3 aliphatic heterocycles. The fraction of sp³-hybridized carbons (Fsp3) is 0.846. The van der Waals surface area contributed by atoms with Gasteiger partial charge in [0.05, 0.1) is 5.92 Å². The highest BCUT2D eigenvalue weighted by molar-refractivity contribution is 5.89. The highest BCUT2D eigenvalue weighted by Gasteiger charge is 2.34. The van der Waals surface area contributed by atoms with Crippen LogP contribution in [0.3, 0.4) is 0 Å². The van der Waals surface area contributed by atoms with Crippen molar-refractivity contribution in [3.8, 4) is 0 Å². The van der Waals surface area contributed by atoms with Gasteiger partial charge in [-0.3, -0.25) is 14.5 Å². The molecule has 0 aromatic rings. The van der Waals surface area contributed by atoms with Gasteiger partial charge in [-0.1, -0.05) is 0 Å². The first-order valence-corrected chi connectivity index (χ1v) is 7.24. The van der Waals surface area contributed by atoms with E-state index in [-0.39, 0.29) is 17.7 Å². The van der Waals surface area contributed by atoms with Gasteiger partial charge in [0, 0.05) is 51.7 Å². The summed E-state index contributed by atoms with van der Waals surface area (Å²) in [5, 5.41) is 6.12. The van der Waals surface area contributed by atoms with Gasteiger partial charge >= 0.3 is 0 Å². The maximum Gasteiger partial charge on any atom is 0.228 e. The van der Waals surface area contributed by atoms with E-state index in [1.807, 2.05) is 4.90 Å². The summed E-state index contributed by atoms with van der Waals surface area (Å²) in [7, 11) is 0. The molecule has 0 bridgehead atoms. The predicted molar refractivity (Wildman–Crippen MR) is 70.5 cm³/mol. The lowest BCUT2D eigenvalue weighted by atomic mass is 10.1. The second kappa shape index (κ2) is 5.46. The van der Waals surface area contributed by atoms with E-state index in [1.54, 1.807) is 0 Å². The Balaban J connectivity index is 1.49. The van der Waals surface area contributed by atoms with Gasteiger partial charge < -0.3 is 15.5 Å². The molecule has 19 heavy (non-hydrogen) atoms. The number of hydrogen-bond acceptors (Lipinski definition) is 4. The van der Waals surface area contributed by atoms with E-state index in [0.717, 1.165) is 39.3 Å². The van der Waals surface area contributed by atoms with Crippen LogP contribution >= 0.6 is 0 Å². The van der Waals surface area contributed by atoms with E-state index in [0.29, 0.717) is 19.0 Å². The van der Waals surface area contributed by atoms with Crippen molar-refractivity contribution in [2.45, 2.75) is 18.9 Å². The highest BCUT2D eigenvalue weighted by Crippen LogP contribution is 2.16. The van der Waals surface area contributed by atoms with Crippen LogP contribution in [-0.4, -0.2) is 73.5 Å². The molecular weight excluding hydrogens is 244 g/mol. The minimum absolute atomic E-state index is 0.00835. The van der Waals surface area contributed by atoms with Crippen LogP contribution in [0.15, 0.2) is 0 Å². The molecule has 2 unspecified atom stereocenters. The van der Waals surface area contributed by atoms with Crippen LogP contribution in [0.25, 0.3) is 0 Å². The van der Waals surface area contributed by atoms with Crippen molar-refractivity contribution in [1.82, 2.24) is 20.4 Å². The largest absolute Gasteiger partial charge is 0.355 e. The Morgan fingerprint density at radius 2 is 1.95 bits per heavy atom. The van der Waals surface area contributed by atoms with Crippen molar-refractivity contribution in [1.29, 1.82) is 0 Å². The molecule has 0 aromatic heterocycles. The fourth-order valence-electron chi connectivity index (χ4n) is 3.30. The summed E-state index contributed by atoms with van der Waals surface area (Å²) in [6.45, 7) is 6.25. The van der Waals surface area contributed by atoms with E-state index < -0.39 is 0 Å². The topological polar surface area (TPSA) is 64.7 Å². The Hall–Kier alpha value is -1.14. The average Bonchev–Trinajstić information content (AvgIpc) is 3.09. The monoisotopic (exact) mass is 266 g/mol. The normalized spacial score (nSPS) is 32.6. The number of rotatable bonds is 2. The van der Waals surface area contributed by atoms with E-state index in [2.05, 4.69) is 15.5 Å². The molecule has 6 nitrogen and oxygen atoms in total. The minimum Gasteiger partial charge on any atom is -0.355 e. The van der Waals surface area contributed by atoms with Crippen LogP contribution in [0.1, 0.15) is 12.8 Å². The number of nitrogens with one attached hydrogen (secondary N) is 2. The van der Waals surface area contributed by atoms with Crippen molar-refractivity contribution in [3.63, 3.8) is 0 Å². The molecule has 0 spiro atoms. The molecule has 2 atom stereocenters. The number of piperazine rings is 1. The summed E-state index contributed by atoms with van der Waals surface area (Å²) in [6.07, 6.45) is 1.58. The maximum absolute atomic E-state index is 12.3. The summed E-state index contributed by atoms with van der Waals surface area (Å²) < 4.78 is 0. The molecule has 2 N–H and O–H groups in total. The Kier molecular flexibility index (Phi) is 3.70. The van der Waals surface area contributed by atoms with Crippen molar-refractivity contribution < 1.29 is 9.59 Å². The summed E-state index contributed by atoms with van der Waals surface area (Å²) in [5.74, 6) is 0.0313. The van der Waals surface area contributed by atoms with Crippen molar-refractivity contribution in [2.24, 2.45) is 5.92 Å². The van der Waals surface area contributed by atoms with Crippen LogP contribution in [0.4, 0.5) is 0 Å². The van der Waals surface area contributed by atoms with Gasteiger partial charge in [0.1, 0.15) is 0 Å². The Morgan fingerprint density at radius 1 is 1.16 bits per heavy atom. The summed E-state index contributed by atoms with van der Waals surface area (Å²) in [5.41, 5.74) is 0. The molecule has 3 fully saturated rings.